The van der Waals surface area contributed by atoms with E-state index in [0.29, 0.717) is 12.2 Å². The van der Waals surface area contributed by atoms with E-state index < -0.39 is 0 Å². The second-order valence-corrected chi connectivity index (χ2v) is 7.35. The summed E-state index contributed by atoms with van der Waals surface area (Å²) in [5.74, 6) is -0.186. The molecule has 0 heterocycles. The summed E-state index contributed by atoms with van der Waals surface area (Å²) >= 11 is 0. The van der Waals surface area contributed by atoms with E-state index in [-0.39, 0.29) is 11.4 Å². The second-order valence-electron chi connectivity index (χ2n) is 7.35. The van der Waals surface area contributed by atoms with E-state index in [0.717, 1.165) is 19.3 Å². The maximum atomic E-state index is 12.3. The highest BCUT2D eigenvalue weighted by molar-refractivity contribution is 5.89. The molecule has 0 N–H and O–H groups in total. The first kappa shape index (κ1) is 20.7. The summed E-state index contributed by atoms with van der Waals surface area (Å²) in [4.78, 5) is 12.3. The van der Waals surface area contributed by atoms with Crippen molar-refractivity contribution < 1.29 is 9.53 Å². The smallest absolute Gasteiger partial charge is 0.338 e. The van der Waals surface area contributed by atoms with Gasteiger partial charge in [0.1, 0.15) is 0 Å². The van der Waals surface area contributed by atoms with Crippen molar-refractivity contribution >= 4 is 5.97 Å². The number of hydrogen-bond acceptors (Lipinski definition) is 2. The summed E-state index contributed by atoms with van der Waals surface area (Å²) in [5.41, 5.74) is 2.02. The van der Waals surface area contributed by atoms with Gasteiger partial charge in [-0.2, -0.15) is 0 Å². The highest BCUT2D eigenvalue weighted by Gasteiger charge is 2.25. The Morgan fingerprint density at radius 2 is 1.54 bits per heavy atom. The van der Waals surface area contributed by atoms with Crippen LogP contribution < -0.4 is 0 Å². The predicted molar refractivity (Wildman–Crippen MR) is 102 cm³/mol. The third-order valence-corrected chi connectivity index (χ3v) is 4.92. The van der Waals surface area contributed by atoms with Crippen molar-refractivity contribution in [1.82, 2.24) is 0 Å². The Hall–Kier alpha value is -1.31. The van der Waals surface area contributed by atoms with Crippen LogP contribution in [0.2, 0.25) is 0 Å². The van der Waals surface area contributed by atoms with Crippen LogP contribution in [0.1, 0.15) is 95.0 Å². The molecule has 0 fully saturated rings. The molecule has 0 aliphatic rings. The minimum absolute atomic E-state index is 0.114. The monoisotopic (exact) mass is 332 g/mol. The number of carbonyl (C=O) groups excluding carboxylic acids is 1. The quantitative estimate of drug-likeness (QED) is 0.319. The molecular formula is C22H36O2. The molecular weight excluding hydrogens is 296 g/mol. The Kier molecular flexibility index (Phi) is 9.75. The molecule has 136 valence electrons. The van der Waals surface area contributed by atoms with Gasteiger partial charge in [0.05, 0.1) is 12.2 Å². The Labute approximate surface area is 149 Å². The number of benzene rings is 1. The number of esters is 1. The number of aryl methyl sites for hydroxylation is 1. The minimum Gasteiger partial charge on any atom is -0.462 e. The fourth-order valence-electron chi connectivity index (χ4n) is 3.05. The van der Waals surface area contributed by atoms with Gasteiger partial charge in [0.25, 0.3) is 0 Å². The Morgan fingerprint density at radius 3 is 2.12 bits per heavy atom. The van der Waals surface area contributed by atoms with Crippen molar-refractivity contribution in [1.29, 1.82) is 0 Å². The second kappa shape index (κ2) is 11.3. The van der Waals surface area contributed by atoms with Gasteiger partial charge < -0.3 is 4.74 Å². The molecule has 2 nitrogen and oxygen atoms in total. The number of rotatable bonds is 12. The number of unbranched alkanes of at least 4 members (excludes halogenated alkanes) is 4. The predicted octanol–water partition coefficient (Wildman–Crippen LogP) is 6.57. The summed E-state index contributed by atoms with van der Waals surface area (Å²) in [5, 5.41) is 0. The van der Waals surface area contributed by atoms with E-state index in [1.165, 1.54) is 44.1 Å². The fourth-order valence-corrected chi connectivity index (χ4v) is 3.05. The van der Waals surface area contributed by atoms with Crippen molar-refractivity contribution in [3.8, 4) is 0 Å². The molecule has 1 atom stereocenters. The van der Waals surface area contributed by atoms with Crippen LogP contribution in [-0.4, -0.2) is 12.6 Å². The zero-order valence-electron chi connectivity index (χ0n) is 16.2. The van der Waals surface area contributed by atoms with Crippen LogP contribution in [-0.2, 0) is 11.2 Å². The normalized spacial score (nSPS) is 13.5. The molecule has 1 aromatic rings. The average molecular weight is 333 g/mol. The van der Waals surface area contributed by atoms with Gasteiger partial charge in [-0.25, -0.2) is 4.79 Å². The van der Waals surface area contributed by atoms with E-state index in [1.807, 2.05) is 24.3 Å². The molecule has 0 spiro atoms. The number of carbonyl (C=O) groups is 1. The van der Waals surface area contributed by atoms with Gasteiger partial charge in [-0.15, -0.1) is 0 Å². The average Bonchev–Trinajstić information content (AvgIpc) is 2.62. The molecule has 1 aromatic carbocycles. The summed E-state index contributed by atoms with van der Waals surface area (Å²) in [7, 11) is 0. The molecule has 0 saturated carbocycles. The van der Waals surface area contributed by atoms with Gasteiger partial charge in [0.2, 0.25) is 0 Å². The molecule has 0 saturated heterocycles. The SMILES string of the molecule is CCCCCCC(C)(CCCC)COC(=O)c1ccc(CC)cc1. The van der Waals surface area contributed by atoms with Crippen LogP contribution in [0.25, 0.3) is 0 Å². The topological polar surface area (TPSA) is 26.3 Å². The third kappa shape index (κ3) is 7.51. The zero-order valence-corrected chi connectivity index (χ0v) is 16.2. The Bertz CT molecular complexity index is 463. The van der Waals surface area contributed by atoms with Crippen molar-refractivity contribution in [2.45, 2.75) is 85.5 Å². The van der Waals surface area contributed by atoms with Gasteiger partial charge >= 0.3 is 5.97 Å². The van der Waals surface area contributed by atoms with Gasteiger partial charge in [0.15, 0.2) is 0 Å². The van der Waals surface area contributed by atoms with E-state index in [1.54, 1.807) is 0 Å². The maximum absolute atomic E-state index is 12.3. The summed E-state index contributed by atoms with van der Waals surface area (Å²) < 4.78 is 5.68. The van der Waals surface area contributed by atoms with Crippen LogP contribution >= 0.6 is 0 Å². The van der Waals surface area contributed by atoms with Crippen molar-refractivity contribution in [2.75, 3.05) is 6.61 Å². The van der Waals surface area contributed by atoms with Gasteiger partial charge in [0, 0.05) is 5.41 Å². The summed E-state index contributed by atoms with van der Waals surface area (Å²) in [6.45, 7) is 9.39. The van der Waals surface area contributed by atoms with Crippen LogP contribution in [0, 0.1) is 5.41 Å². The van der Waals surface area contributed by atoms with Crippen molar-refractivity contribution in [3.05, 3.63) is 35.4 Å². The lowest BCUT2D eigenvalue weighted by Gasteiger charge is -2.29. The van der Waals surface area contributed by atoms with Gasteiger partial charge in [-0.05, 0) is 37.0 Å². The third-order valence-electron chi connectivity index (χ3n) is 4.92. The van der Waals surface area contributed by atoms with Gasteiger partial charge in [-0.3, -0.25) is 0 Å². The lowest BCUT2D eigenvalue weighted by molar-refractivity contribution is 0.0265. The molecule has 0 aliphatic heterocycles. The van der Waals surface area contributed by atoms with Crippen LogP contribution in [0.3, 0.4) is 0 Å². The summed E-state index contributed by atoms with van der Waals surface area (Å²) in [6, 6.07) is 7.78. The highest BCUT2D eigenvalue weighted by atomic mass is 16.5. The first-order valence-electron chi connectivity index (χ1n) is 9.80. The van der Waals surface area contributed by atoms with E-state index in [4.69, 9.17) is 4.74 Å². The molecule has 1 rings (SSSR count). The van der Waals surface area contributed by atoms with Crippen LogP contribution in [0.4, 0.5) is 0 Å². The Morgan fingerprint density at radius 1 is 0.917 bits per heavy atom. The number of ether oxygens (including phenoxy) is 1. The Balaban J connectivity index is 2.56. The highest BCUT2D eigenvalue weighted by Crippen LogP contribution is 2.31. The first-order valence-corrected chi connectivity index (χ1v) is 9.80. The van der Waals surface area contributed by atoms with Crippen LogP contribution in [0.5, 0.6) is 0 Å². The molecule has 0 aliphatic carbocycles. The lowest BCUT2D eigenvalue weighted by Crippen LogP contribution is -2.25. The van der Waals surface area contributed by atoms with Crippen molar-refractivity contribution in [3.63, 3.8) is 0 Å². The van der Waals surface area contributed by atoms with E-state index in [2.05, 4.69) is 27.7 Å². The lowest BCUT2D eigenvalue weighted by atomic mass is 9.80. The fraction of sp³-hybridized carbons (Fsp3) is 0.682. The van der Waals surface area contributed by atoms with Crippen molar-refractivity contribution in [2.24, 2.45) is 5.41 Å². The molecule has 0 aromatic heterocycles. The molecule has 0 radical (unpaired) electrons. The molecule has 2 heteroatoms. The molecule has 0 amide bonds. The summed E-state index contributed by atoms with van der Waals surface area (Å²) in [6.07, 6.45) is 10.7. The minimum atomic E-state index is -0.186. The maximum Gasteiger partial charge on any atom is 0.338 e. The van der Waals surface area contributed by atoms with E-state index in [9.17, 15) is 4.79 Å². The zero-order chi connectivity index (χ0) is 17.8. The van der Waals surface area contributed by atoms with E-state index >= 15 is 0 Å². The first-order chi connectivity index (χ1) is 11.5. The van der Waals surface area contributed by atoms with Gasteiger partial charge in [-0.1, -0.05) is 78.4 Å². The largest absolute Gasteiger partial charge is 0.462 e. The molecule has 24 heavy (non-hydrogen) atoms. The number of hydrogen-bond donors (Lipinski definition) is 0. The molecule has 0 bridgehead atoms. The van der Waals surface area contributed by atoms with Crippen LogP contribution in [0.15, 0.2) is 24.3 Å². The standard InChI is InChI=1S/C22H36O2/c1-5-8-10-11-17-22(4,16-9-6-2)18-24-21(23)20-14-12-19(7-3)13-15-20/h12-15H,5-11,16-18H2,1-4H3. The molecule has 1 unspecified atom stereocenters.